The van der Waals surface area contributed by atoms with Crippen molar-refractivity contribution in [1.82, 2.24) is 0 Å². The van der Waals surface area contributed by atoms with Gasteiger partial charge in [0.15, 0.2) is 0 Å². The van der Waals surface area contributed by atoms with Gasteiger partial charge in [-0.25, -0.2) is 0 Å². The minimum atomic E-state index is -0.231. The number of hydrogen-bond acceptors (Lipinski definition) is 4. The molecule has 19 heavy (non-hydrogen) atoms. The molecule has 0 fully saturated rings. The zero-order valence-electron chi connectivity index (χ0n) is 9.96. The molecule has 1 aromatic heterocycles. The summed E-state index contributed by atoms with van der Waals surface area (Å²) in [5.74, 6) is 0.402. The molecule has 0 unspecified atom stereocenters. The molecule has 6 heteroatoms. The molecule has 0 aliphatic rings. The van der Waals surface area contributed by atoms with Crippen molar-refractivity contribution in [1.29, 1.82) is 0 Å². The van der Waals surface area contributed by atoms with Crippen LogP contribution in [-0.4, -0.2) is 17.5 Å². The summed E-state index contributed by atoms with van der Waals surface area (Å²) >= 11 is 4.71. The maximum Gasteiger partial charge on any atom is 0.258 e. The van der Waals surface area contributed by atoms with E-state index in [9.17, 15) is 4.79 Å². The number of amides is 1. The molecule has 3 N–H and O–H groups in total. The highest BCUT2D eigenvalue weighted by Gasteiger charge is 2.06. The highest BCUT2D eigenvalue weighted by molar-refractivity contribution is 7.80. The van der Waals surface area contributed by atoms with E-state index >= 15 is 0 Å². The topological polar surface area (TPSA) is 77.5 Å². The van der Waals surface area contributed by atoms with Gasteiger partial charge in [0.2, 0.25) is 0 Å². The first-order valence-electron chi connectivity index (χ1n) is 5.50. The van der Waals surface area contributed by atoms with Crippen molar-refractivity contribution in [3.8, 4) is 5.75 Å². The molecular formula is C13H12N2O3S. The maximum atomic E-state index is 11.7. The van der Waals surface area contributed by atoms with Crippen LogP contribution in [0.1, 0.15) is 10.4 Å². The number of benzene rings is 1. The van der Waals surface area contributed by atoms with Gasteiger partial charge in [0.05, 0.1) is 11.8 Å². The van der Waals surface area contributed by atoms with Gasteiger partial charge in [-0.2, -0.15) is 0 Å². The molecule has 0 bridgehead atoms. The van der Waals surface area contributed by atoms with Crippen LogP contribution in [0.5, 0.6) is 5.75 Å². The van der Waals surface area contributed by atoms with E-state index in [1.165, 1.54) is 12.5 Å². The van der Waals surface area contributed by atoms with Crippen molar-refractivity contribution < 1.29 is 13.9 Å². The van der Waals surface area contributed by atoms with Crippen LogP contribution in [-0.2, 0) is 0 Å². The highest BCUT2D eigenvalue weighted by atomic mass is 32.1. The maximum absolute atomic E-state index is 11.7. The molecule has 0 atom stereocenters. The van der Waals surface area contributed by atoms with Gasteiger partial charge in [0.25, 0.3) is 5.91 Å². The number of hydrogen-bond donors (Lipinski definition) is 2. The molecular weight excluding hydrogens is 264 g/mol. The van der Waals surface area contributed by atoms with Gasteiger partial charge in [-0.15, -0.1) is 0 Å². The lowest BCUT2D eigenvalue weighted by atomic mass is 10.2. The average molecular weight is 276 g/mol. The van der Waals surface area contributed by atoms with E-state index in [1.807, 2.05) is 0 Å². The molecule has 2 rings (SSSR count). The molecule has 2 aromatic rings. The van der Waals surface area contributed by atoms with E-state index in [-0.39, 0.29) is 17.5 Å². The number of rotatable bonds is 5. The van der Waals surface area contributed by atoms with Gasteiger partial charge >= 0.3 is 0 Å². The van der Waals surface area contributed by atoms with E-state index < -0.39 is 0 Å². The summed E-state index contributed by atoms with van der Waals surface area (Å²) in [6, 6.07) is 8.50. The average Bonchev–Trinajstić information content (AvgIpc) is 2.92. The molecule has 98 valence electrons. The van der Waals surface area contributed by atoms with Crippen molar-refractivity contribution in [2.45, 2.75) is 0 Å². The lowest BCUT2D eigenvalue weighted by Gasteiger charge is -2.07. The second-order valence-corrected chi connectivity index (χ2v) is 4.27. The lowest BCUT2D eigenvalue weighted by molar-refractivity contribution is 0.102. The Morgan fingerprint density at radius 1 is 1.32 bits per heavy atom. The van der Waals surface area contributed by atoms with Gasteiger partial charge < -0.3 is 20.2 Å². The van der Waals surface area contributed by atoms with Crippen molar-refractivity contribution in [3.05, 3.63) is 48.4 Å². The van der Waals surface area contributed by atoms with Gasteiger partial charge in [-0.05, 0) is 30.3 Å². The summed E-state index contributed by atoms with van der Waals surface area (Å²) in [4.78, 5) is 12.0. The summed E-state index contributed by atoms with van der Waals surface area (Å²) in [7, 11) is 0. The van der Waals surface area contributed by atoms with E-state index in [1.54, 1.807) is 30.3 Å². The van der Waals surface area contributed by atoms with E-state index in [4.69, 9.17) is 27.1 Å². The summed E-state index contributed by atoms with van der Waals surface area (Å²) in [5, 5.41) is 2.73. The normalized spacial score (nSPS) is 9.89. The van der Waals surface area contributed by atoms with E-state index in [2.05, 4.69) is 5.32 Å². The molecule has 1 amide bonds. The summed E-state index contributed by atoms with van der Waals surface area (Å²) in [5.41, 5.74) is 6.46. The van der Waals surface area contributed by atoms with Crippen LogP contribution in [0.25, 0.3) is 0 Å². The molecule has 5 nitrogen and oxygen atoms in total. The fraction of sp³-hybridized carbons (Fsp3) is 0.0769. The van der Waals surface area contributed by atoms with Gasteiger partial charge in [-0.3, -0.25) is 4.79 Å². The van der Waals surface area contributed by atoms with Crippen LogP contribution in [0.15, 0.2) is 47.3 Å². The zero-order valence-corrected chi connectivity index (χ0v) is 10.8. The Labute approximate surface area is 115 Å². The number of furan rings is 1. The predicted octanol–water partition coefficient (Wildman–Crippen LogP) is 2.20. The van der Waals surface area contributed by atoms with Gasteiger partial charge in [0.1, 0.15) is 23.6 Å². The van der Waals surface area contributed by atoms with E-state index in [0.717, 1.165) is 0 Å². The summed E-state index contributed by atoms with van der Waals surface area (Å²) < 4.78 is 10.1. The predicted molar refractivity (Wildman–Crippen MR) is 75.4 cm³/mol. The first-order chi connectivity index (χ1) is 9.15. The van der Waals surface area contributed by atoms with Crippen LogP contribution in [0.3, 0.4) is 0 Å². The van der Waals surface area contributed by atoms with Crippen molar-refractivity contribution in [2.24, 2.45) is 5.73 Å². The number of carbonyl (C=O) groups is 1. The van der Waals surface area contributed by atoms with Gasteiger partial charge in [-0.1, -0.05) is 12.2 Å². The Morgan fingerprint density at radius 3 is 2.63 bits per heavy atom. The number of nitrogens with two attached hydrogens (primary N) is 1. The first kappa shape index (κ1) is 13.1. The number of thiocarbonyl (C=S) groups is 1. The third-order valence-electron chi connectivity index (χ3n) is 2.28. The van der Waals surface area contributed by atoms with Crippen LogP contribution in [0.4, 0.5) is 5.69 Å². The second-order valence-electron chi connectivity index (χ2n) is 3.75. The van der Waals surface area contributed by atoms with E-state index in [0.29, 0.717) is 17.0 Å². The molecule has 0 radical (unpaired) electrons. The summed E-state index contributed by atoms with van der Waals surface area (Å²) in [6.45, 7) is 0.191. The molecule has 0 saturated carbocycles. The number of nitrogens with one attached hydrogen (secondary N) is 1. The third-order valence-corrected chi connectivity index (χ3v) is 2.39. The minimum absolute atomic E-state index is 0.191. The number of anilines is 1. The quantitative estimate of drug-likeness (QED) is 0.819. The van der Waals surface area contributed by atoms with Crippen LogP contribution in [0.2, 0.25) is 0 Å². The fourth-order valence-electron chi connectivity index (χ4n) is 1.39. The molecule has 0 spiro atoms. The smallest absolute Gasteiger partial charge is 0.258 e. The molecule has 0 saturated heterocycles. The SMILES string of the molecule is NC(=S)COc1ccc(NC(=O)c2ccoc2)cc1. The third kappa shape index (κ3) is 3.82. The Hall–Kier alpha value is -2.34. The first-order valence-corrected chi connectivity index (χ1v) is 5.90. The lowest BCUT2D eigenvalue weighted by Crippen LogP contribution is -2.17. The Balaban J connectivity index is 1.95. The monoisotopic (exact) mass is 276 g/mol. The Bertz CT molecular complexity index is 564. The molecule has 1 heterocycles. The minimum Gasteiger partial charge on any atom is -0.487 e. The Morgan fingerprint density at radius 2 is 2.05 bits per heavy atom. The van der Waals surface area contributed by atoms with Crippen LogP contribution < -0.4 is 15.8 Å². The van der Waals surface area contributed by atoms with Crippen LogP contribution in [0, 0.1) is 0 Å². The standard InChI is InChI=1S/C13H12N2O3S/c14-12(19)8-18-11-3-1-10(2-4-11)15-13(16)9-5-6-17-7-9/h1-7H,8H2,(H2,14,19)(H,15,16). The molecule has 1 aromatic carbocycles. The van der Waals surface area contributed by atoms with Gasteiger partial charge in [0, 0.05) is 5.69 Å². The number of ether oxygens (including phenoxy) is 1. The fourth-order valence-corrected chi connectivity index (χ4v) is 1.44. The van der Waals surface area contributed by atoms with Crippen molar-refractivity contribution in [2.75, 3.05) is 11.9 Å². The van der Waals surface area contributed by atoms with Crippen LogP contribution >= 0.6 is 12.2 Å². The molecule has 0 aliphatic carbocycles. The Kier molecular flexibility index (Phi) is 4.15. The zero-order chi connectivity index (χ0) is 13.7. The molecule has 0 aliphatic heterocycles. The highest BCUT2D eigenvalue weighted by Crippen LogP contribution is 2.16. The van der Waals surface area contributed by atoms with Crippen molar-refractivity contribution in [3.63, 3.8) is 0 Å². The number of carbonyl (C=O) groups excluding carboxylic acids is 1. The largest absolute Gasteiger partial charge is 0.487 e. The summed E-state index contributed by atoms with van der Waals surface area (Å²) in [6.07, 6.45) is 2.83. The van der Waals surface area contributed by atoms with Crippen molar-refractivity contribution >= 4 is 28.8 Å². The second kappa shape index (κ2) is 6.01.